The fourth-order valence-electron chi connectivity index (χ4n) is 5.12. The van der Waals surface area contributed by atoms with Gasteiger partial charge < -0.3 is 30.0 Å². The topological polar surface area (TPSA) is 97.9 Å². The van der Waals surface area contributed by atoms with Crippen molar-refractivity contribution < 1.29 is 23.8 Å². The third kappa shape index (κ3) is 7.84. The van der Waals surface area contributed by atoms with Gasteiger partial charge in [-0.15, -0.1) is 0 Å². The highest BCUT2D eigenvalue weighted by molar-refractivity contribution is 6.80. The quantitative estimate of drug-likeness (QED) is 0.160. The van der Waals surface area contributed by atoms with Crippen molar-refractivity contribution in [3.05, 3.63) is 96.1 Å². The first-order chi connectivity index (χ1) is 20.8. The smallest absolute Gasteiger partial charge is 0.408 e. The Morgan fingerprint density at radius 3 is 2.05 bits per heavy atom. The van der Waals surface area contributed by atoms with Crippen LogP contribution in [0.4, 0.5) is 16.2 Å². The van der Waals surface area contributed by atoms with Gasteiger partial charge in [0, 0.05) is 23.2 Å². The van der Waals surface area contributed by atoms with E-state index in [9.17, 15) is 9.59 Å². The minimum Gasteiger partial charge on any atom is -0.489 e. The Morgan fingerprint density at radius 1 is 0.795 bits per heavy atom. The Bertz CT molecular complexity index is 1610. The zero-order chi connectivity index (χ0) is 31.5. The molecule has 0 aromatic heterocycles. The third-order valence-corrected chi connectivity index (χ3v) is 6.97. The van der Waals surface area contributed by atoms with Gasteiger partial charge in [0.25, 0.3) is 0 Å². The van der Waals surface area contributed by atoms with Crippen molar-refractivity contribution in [2.24, 2.45) is 0 Å². The molecule has 0 bridgehead atoms. The first-order valence-electron chi connectivity index (χ1n) is 14.9. The zero-order valence-corrected chi connectivity index (χ0v) is 26.2. The minimum absolute atomic E-state index is 0.145. The number of hydrogen-bond donors (Lipinski definition) is 3. The van der Waals surface area contributed by atoms with Crippen LogP contribution < -0.4 is 26.0 Å². The van der Waals surface area contributed by atoms with Gasteiger partial charge in [-0.3, -0.25) is 0 Å². The average Bonchev–Trinajstić information content (AvgIpc) is 2.95. The molecule has 1 amide bonds. The molecule has 5 rings (SSSR count). The van der Waals surface area contributed by atoms with Crippen LogP contribution in [-0.2, 0) is 27.3 Å². The highest BCUT2D eigenvalue weighted by Crippen LogP contribution is 2.34. The zero-order valence-electron chi connectivity index (χ0n) is 26.2. The van der Waals surface area contributed by atoms with Crippen LogP contribution in [-0.4, -0.2) is 36.3 Å². The van der Waals surface area contributed by atoms with Crippen LogP contribution in [0.1, 0.15) is 52.7 Å². The Hall–Kier alpha value is -4.66. The van der Waals surface area contributed by atoms with Crippen LogP contribution in [0.25, 0.3) is 10.8 Å². The van der Waals surface area contributed by atoms with Crippen LogP contribution in [0.2, 0.25) is 0 Å². The molecular formula is C35H40BN3O5. The Kier molecular flexibility index (Phi) is 8.76. The van der Waals surface area contributed by atoms with Crippen molar-refractivity contribution in [2.45, 2.75) is 71.8 Å². The molecule has 44 heavy (non-hydrogen) atoms. The maximum Gasteiger partial charge on any atom is 0.408 e. The van der Waals surface area contributed by atoms with Gasteiger partial charge >= 0.3 is 19.0 Å². The van der Waals surface area contributed by atoms with E-state index in [0.717, 1.165) is 38.7 Å². The summed E-state index contributed by atoms with van der Waals surface area (Å²) in [7, 11) is 0. The van der Waals surface area contributed by atoms with E-state index in [0.29, 0.717) is 12.4 Å². The molecule has 1 aliphatic heterocycles. The molecule has 0 saturated carbocycles. The molecule has 0 saturated heterocycles. The van der Waals surface area contributed by atoms with Gasteiger partial charge in [-0.1, -0.05) is 66.7 Å². The van der Waals surface area contributed by atoms with E-state index in [-0.39, 0.29) is 13.4 Å². The molecule has 1 atom stereocenters. The number of anilines is 2. The predicted molar refractivity (Wildman–Crippen MR) is 177 cm³/mol. The number of ether oxygens (including phenoxy) is 3. The van der Waals surface area contributed by atoms with E-state index in [1.807, 2.05) is 60.7 Å². The minimum atomic E-state index is -0.996. The second-order valence-electron chi connectivity index (χ2n) is 13.0. The van der Waals surface area contributed by atoms with E-state index in [4.69, 9.17) is 14.2 Å². The van der Waals surface area contributed by atoms with Crippen LogP contribution in [0.5, 0.6) is 5.75 Å². The largest absolute Gasteiger partial charge is 0.489 e. The van der Waals surface area contributed by atoms with Gasteiger partial charge in [0.1, 0.15) is 29.6 Å². The van der Waals surface area contributed by atoms with Gasteiger partial charge in [0.05, 0.1) is 0 Å². The van der Waals surface area contributed by atoms with Crippen LogP contribution in [0, 0.1) is 0 Å². The van der Waals surface area contributed by atoms with Crippen LogP contribution in [0.3, 0.4) is 0 Å². The van der Waals surface area contributed by atoms with Crippen molar-refractivity contribution >= 4 is 46.7 Å². The lowest BCUT2D eigenvalue weighted by Crippen LogP contribution is -2.48. The van der Waals surface area contributed by atoms with Crippen LogP contribution >= 0.6 is 0 Å². The lowest BCUT2D eigenvalue weighted by atomic mass is 9.65. The van der Waals surface area contributed by atoms with E-state index >= 15 is 0 Å². The Labute approximate surface area is 259 Å². The van der Waals surface area contributed by atoms with Crippen molar-refractivity contribution in [1.29, 1.82) is 0 Å². The number of nitrogens with one attached hydrogen (secondary N) is 3. The summed E-state index contributed by atoms with van der Waals surface area (Å²) in [6, 6.07) is 27.3. The summed E-state index contributed by atoms with van der Waals surface area (Å²) in [5.41, 5.74) is 3.34. The van der Waals surface area contributed by atoms with Crippen molar-refractivity contribution in [1.82, 2.24) is 5.32 Å². The predicted octanol–water partition coefficient (Wildman–Crippen LogP) is 6.43. The van der Waals surface area contributed by atoms with Crippen LogP contribution in [0.15, 0.2) is 84.9 Å². The molecular weight excluding hydrogens is 553 g/mol. The third-order valence-electron chi connectivity index (χ3n) is 6.97. The number of benzene rings is 4. The number of rotatable bonds is 8. The number of hydrogen-bond acceptors (Lipinski definition) is 7. The molecule has 0 spiro atoms. The molecule has 228 valence electrons. The van der Waals surface area contributed by atoms with Gasteiger partial charge in [-0.25, -0.2) is 9.59 Å². The van der Waals surface area contributed by atoms with Crippen molar-refractivity contribution in [2.75, 3.05) is 10.5 Å². The standard InChI is InChI=1S/C35H40BN3O5/c1-34(2,3)43-32(40)29(37-33(41)44-35(4,5)6)20-25-18-19-26(21-30(25)42-22-23-12-8-7-9-13-23)36-38-27-16-10-14-24-15-11-17-28(39-36)31(24)27/h7-19,21,29,38-39H,20,22H2,1-6H3,(H,37,41). The van der Waals surface area contributed by atoms with Gasteiger partial charge in [-0.2, -0.15) is 0 Å². The normalized spacial score (nSPS) is 13.4. The molecule has 4 aromatic carbocycles. The number of amides is 1. The van der Waals surface area contributed by atoms with Gasteiger partial charge in [0.15, 0.2) is 0 Å². The molecule has 4 aromatic rings. The summed E-state index contributed by atoms with van der Waals surface area (Å²) >= 11 is 0. The number of carbonyl (C=O) groups is 2. The molecule has 1 aliphatic rings. The number of alkyl carbamates (subject to hydrolysis) is 1. The maximum absolute atomic E-state index is 13.3. The molecule has 9 heteroatoms. The van der Waals surface area contributed by atoms with E-state index < -0.39 is 29.3 Å². The van der Waals surface area contributed by atoms with Crippen molar-refractivity contribution in [3.8, 4) is 5.75 Å². The Balaban J connectivity index is 1.46. The summed E-state index contributed by atoms with van der Waals surface area (Å²) in [6.45, 7) is 10.8. The van der Waals surface area contributed by atoms with Crippen molar-refractivity contribution in [3.63, 3.8) is 0 Å². The highest BCUT2D eigenvalue weighted by atomic mass is 16.6. The summed E-state index contributed by atoms with van der Waals surface area (Å²) in [5, 5.41) is 12.3. The summed E-state index contributed by atoms with van der Waals surface area (Å²) in [6.07, 6.45) is -0.549. The SMILES string of the molecule is CC(C)(C)OC(=O)NC(Cc1ccc(B2Nc3cccc4cccc(c34)N2)cc1OCc1ccccc1)C(=O)OC(C)(C)C. The van der Waals surface area contributed by atoms with Gasteiger partial charge in [-0.05, 0) is 81.7 Å². The fourth-order valence-corrected chi connectivity index (χ4v) is 5.12. The number of esters is 1. The van der Waals surface area contributed by atoms with E-state index in [2.05, 4.69) is 40.0 Å². The summed E-state index contributed by atoms with van der Waals surface area (Å²) in [4.78, 5) is 26.1. The maximum atomic E-state index is 13.3. The molecule has 0 fully saturated rings. The summed E-state index contributed by atoms with van der Waals surface area (Å²) in [5.74, 6) is 0.0494. The lowest BCUT2D eigenvalue weighted by molar-refractivity contribution is -0.157. The Morgan fingerprint density at radius 2 is 1.43 bits per heavy atom. The van der Waals surface area contributed by atoms with Gasteiger partial charge in [0.2, 0.25) is 0 Å². The average molecular weight is 594 g/mol. The second-order valence-corrected chi connectivity index (χ2v) is 13.0. The first-order valence-corrected chi connectivity index (χ1v) is 14.9. The van der Waals surface area contributed by atoms with E-state index in [1.54, 1.807) is 41.5 Å². The highest BCUT2D eigenvalue weighted by Gasteiger charge is 2.31. The summed E-state index contributed by atoms with van der Waals surface area (Å²) < 4.78 is 17.5. The second kappa shape index (κ2) is 12.5. The molecule has 0 aliphatic carbocycles. The van der Waals surface area contributed by atoms with E-state index in [1.165, 1.54) is 0 Å². The number of carbonyl (C=O) groups excluding carboxylic acids is 2. The molecule has 0 radical (unpaired) electrons. The monoisotopic (exact) mass is 593 g/mol. The lowest BCUT2D eigenvalue weighted by Gasteiger charge is -2.28. The molecule has 1 heterocycles. The molecule has 3 N–H and O–H groups in total. The molecule has 8 nitrogen and oxygen atoms in total. The molecule has 1 unspecified atom stereocenters. The first kappa shape index (κ1) is 30.8. The fraction of sp³-hybridized carbons (Fsp3) is 0.314.